The Morgan fingerprint density at radius 1 is 1.53 bits per heavy atom. The van der Waals surface area contributed by atoms with E-state index in [-0.39, 0.29) is 30.5 Å². The zero-order chi connectivity index (χ0) is 13.1. The van der Waals surface area contributed by atoms with Gasteiger partial charge in [0.25, 0.3) is 5.91 Å². The maximum Gasteiger partial charge on any atom is 0.257 e. The van der Waals surface area contributed by atoms with Gasteiger partial charge in [-0.1, -0.05) is 6.92 Å². The minimum absolute atomic E-state index is 0. The standard InChI is InChI=1S/C13H20N2O3.ClH/c1-3-11-7-15(6-9(2)18-11)13(16)10-4-12(5-14)17-8-10;/h4,8-9,11H,3,5-7,14H2,1-2H3;1H. The second-order valence-corrected chi connectivity index (χ2v) is 4.69. The van der Waals surface area contributed by atoms with Gasteiger partial charge in [-0.25, -0.2) is 0 Å². The van der Waals surface area contributed by atoms with E-state index in [4.69, 9.17) is 14.9 Å². The number of rotatable bonds is 3. The molecule has 5 nitrogen and oxygen atoms in total. The third-order valence-corrected chi connectivity index (χ3v) is 3.17. The Hall–Kier alpha value is -1.04. The smallest absolute Gasteiger partial charge is 0.257 e. The van der Waals surface area contributed by atoms with E-state index in [1.54, 1.807) is 6.07 Å². The first-order valence-electron chi connectivity index (χ1n) is 6.36. The highest BCUT2D eigenvalue weighted by molar-refractivity contribution is 5.94. The summed E-state index contributed by atoms with van der Waals surface area (Å²) < 4.78 is 10.9. The van der Waals surface area contributed by atoms with E-state index in [0.717, 1.165) is 6.42 Å². The Kier molecular flexibility index (Phi) is 5.85. The maximum atomic E-state index is 12.3. The van der Waals surface area contributed by atoms with Gasteiger partial charge in [0.1, 0.15) is 12.0 Å². The predicted molar refractivity (Wildman–Crippen MR) is 74.4 cm³/mol. The molecule has 0 radical (unpaired) electrons. The number of halogens is 1. The molecular formula is C13H21ClN2O3. The first-order valence-corrected chi connectivity index (χ1v) is 6.36. The first kappa shape index (κ1) is 16.0. The van der Waals surface area contributed by atoms with Crippen molar-refractivity contribution in [3.63, 3.8) is 0 Å². The molecule has 2 rings (SSSR count). The van der Waals surface area contributed by atoms with Crippen molar-refractivity contribution in [3.05, 3.63) is 23.7 Å². The van der Waals surface area contributed by atoms with Gasteiger partial charge < -0.3 is 19.8 Å². The Morgan fingerprint density at radius 2 is 2.26 bits per heavy atom. The molecule has 0 saturated carbocycles. The van der Waals surface area contributed by atoms with E-state index in [9.17, 15) is 4.79 Å². The van der Waals surface area contributed by atoms with Crippen LogP contribution in [0.3, 0.4) is 0 Å². The van der Waals surface area contributed by atoms with Crippen LogP contribution in [0.2, 0.25) is 0 Å². The summed E-state index contributed by atoms with van der Waals surface area (Å²) in [6.45, 7) is 5.63. The highest BCUT2D eigenvalue weighted by Crippen LogP contribution is 2.17. The first-order chi connectivity index (χ1) is 8.63. The molecule has 2 heterocycles. The molecule has 1 fully saturated rings. The summed E-state index contributed by atoms with van der Waals surface area (Å²) in [4.78, 5) is 14.1. The molecule has 1 aromatic heterocycles. The number of amides is 1. The predicted octanol–water partition coefficient (Wildman–Crippen LogP) is 1.80. The Balaban J connectivity index is 0.00000180. The van der Waals surface area contributed by atoms with Crippen molar-refractivity contribution < 1.29 is 13.9 Å². The van der Waals surface area contributed by atoms with Gasteiger partial charge in [-0.15, -0.1) is 12.4 Å². The van der Waals surface area contributed by atoms with Crippen molar-refractivity contribution >= 4 is 18.3 Å². The van der Waals surface area contributed by atoms with E-state index in [1.807, 2.05) is 11.8 Å². The van der Waals surface area contributed by atoms with E-state index in [2.05, 4.69) is 6.92 Å². The summed E-state index contributed by atoms with van der Waals surface area (Å²) in [6, 6.07) is 1.71. The fourth-order valence-electron chi connectivity index (χ4n) is 2.22. The minimum atomic E-state index is -0.00736. The van der Waals surface area contributed by atoms with Crippen LogP contribution in [-0.4, -0.2) is 36.1 Å². The van der Waals surface area contributed by atoms with E-state index < -0.39 is 0 Å². The average molecular weight is 289 g/mol. The van der Waals surface area contributed by atoms with Crippen molar-refractivity contribution in [1.29, 1.82) is 0 Å². The van der Waals surface area contributed by atoms with Crippen LogP contribution < -0.4 is 5.73 Å². The van der Waals surface area contributed by atoms with Crippen molar-refractivity contribution in [2.75, 3.05) is 13.1 Å². The lowest BCUT2D eigenvalue weighted by Gasteiger charge is -2.36. The van der Waals surface area contributed by atoms with Crippen LogP contribution in [-0.2, 0) is 11.3 Å². The fraction of sp³-hybridized carbons (Fsp3) is 0.615. The molecule has 1 saturated heterocycles. The maximum absolute atomic E-state index is 12.3. The molecule has 2 atom stereocenters. The average Bonchev–Trinajstić information content (AvgIpc) is 2.85. The van der Waals surface area contributed by atoms with Gasteiger partial charge in [-0.2, -0.15) is 0 Å². The molecule has 19 heavy (non-hydrogen) atoms. The quantitative estimate of drug-likeness (QED) is 0.921. The van der Waals surface area contributed by atoms with Gasteiger partial charge in [0.2, 0.25) is 0 Å². The summed E-state index contributed by atoms with van der Waals surface area (Å²) in [6.07, 6.45) is 2.59. The lowest BCUT2D eigenvalue weighted by Crippen LogP contribution is -2.48. The zero-order valence-electron chi connectivity index (χ0n) is 11.3. The lowest BCUT2D eigenvalue weighted by atomic mass is 10.1. The topological polar surface area (TPSA) is 68.7 Å². The zero-order valence-corrected chi connectivity index (χ0v) is 12.1. The number of carbonyl (C=O) groups is 1. The molecule has 0 aliphatic carbocycles. The van der Waals surface area contributed by atoms with Crippen molar-refractivity contribution in [1.82, 2.24) is 4.90 Å². The highest BCUT2D eigenvalue weighted by atomic mass is 35.5. The Morgan fingerprint density at radius 3 is 2.84 bits per heavy atom. The van der Waals surface area contributed by atoms with E-state index in [0.29, 0.717) is 31.0 Å². The molecule has 2 unspecified atom stereocenters. The molecule has 0 bridgehead atoms. The third-order valence-electron chi connectivity index (χ3n) is 3.17. The molecule has 1 aliphatic rings. The number of morpholine rings is 1. The number of hydrogen-bond donors (Lipinski definition) is 1. The van der Waals surface area contributed by atoms with Crippen LogP contribution in [0.1, 0.15) is 36.4 Å². The third kappa shape index (κ3) is 3.72. The summed E-state index contributed by atoms with van der Waals surface area (Å²) in [7, 11) is 0. The molecule has 2 N–H and O–H groups in total. The molecule has 0 aromatic carbocycles. The second kappa shape index (κ2) is 6.93. The van der Waals surface area contributed by atoms with Gasteiger partial charge in [-0.05, 0) is 19.4 Å². The number of carbonyl (C=O) groups excluding carboxylic acids is 1. The van der Waals surface area contributed by atoms with Gasteiger partial charge in [0, 0.05) is 13.1 Å². The summed E-state index contributed by atoms with van der Waals surface area (Å²) >= 11 is 0. The van der Waals surface area contributed by atoms with Gasteiger partial charge in [-0.3, -0.25) is 4.79 Å². The molecule has 6 heteroatoms. The van der Waals surface area contributed by atoms with E-state index in [1.165, 1.54) is 6.26 Å². The van der Waals surface area contributed by atoms with Crippen molar-refractivity contribution in [2.45, 2.75) is 39.0 Å². The van der Waals surface area contributed by atoms with Gasteiger partial charge >= 0.3 is 0 Å². The van der Waals surface area contributed by atoms with Crippen molar-refractivity contribution in [3.8, 4) is 0 Å². The van der Waals surface area contributed by atoms with Gasteiger partial charge in [0.05, 0.1) is 24.3 Å². The Labute approximate surface area is 119 Å². The summed E-state index contributed by atoms with van der Waals surface area (Å²) in [5.41, 5.74) is 6.04. The fourth-order valence-corrected chi connectivity index (χ4v) is 2.22. The molecule has 0 spiro atoms. The monoisotopic (exact) mass is 288 g/mol. The molecule has 1 aliphatic heterocycles. The van der Waals surface area contributed by atoms with Gasteiger partial charge in [0.15, 0.2) is 0 Å². The van der Waals surface area contributed by atoms with Crippen LogP contribution in [0.15, 0.2) is 16.7 Å². The van der Waals surface area contributed by atoms with Crippen LogP contribution in [0.25, 0.3) is 0 Å². The summed E-state index contributed by atoms with van der Waals surface area (Å²) in [5.74, 6) is 0.624. The number of nitrogens with zero attached hydrogens (tertiary/aromatic N) is 1. The molecule has 108 valence electrons. The number of nitrogens with two attached hydrogens (primary N) is 1. The molecular weight excluding hydrogens is 268 g/mol. The highest BCUT2D eigenvalue weighted by Gasteiger charge is 2.28. The minimum Gasteiger partial charge on any atom is -0.467 e. The van der Waals surface area contributed by atoms with Crippen LogP contribution >= 0.6 is 12.4 Å². The normalized spacial score (nSPS) is 23.0. The summed E-state index contributed by atoms with van der Waals surface area (Å²) in [5, 5.41) is 0. The van der Waals surface area contributed by atoms with E-state index >= 15 is 0 Å². The SMILES string of the molecule is CCC1CN(C(=O)c2coc(CN)c2)CC(C)O1.Cl. The van der Waals surface area contributed by atoms with Crippen LogP contribution in [0.4, 0.5) is 0 Å². The lowest BCUT2D eigenvalue weighted by molar-refractivity contribution is -0.0681. The Bertz CT molecular complexity index is 422. The van der Waals surface area contributed by atoms with Crippen molar-refractivity contribution in [2.24, 2.45) is 5.73 Å². The second-order valence-electron chi connectivity index (χ2n) is 4.69. The number of hydrogen-bond acceptors (Lipinski definition) is 4. The number of furan rings is 1. The molecule has 1 amide bonds. The largest absolute Gasteiger partial charge is 0.467 e. The number of ether oxygens (including phenoxy) is 1. The van der Waals surface area contributed by atoms with Crippen LogP contribution in [0.5, 0.6) is 0 Å². The molecule has 1 aromatic rings. The van der Waals surface area contributed by atoms with Crippen LogP contribution in [0, 0.1) is 0 Å².